The van der Waals surface area contributed by atoms with E-state index in [-0.39, 0.29) is 16.6 Å². The Morgan fingerprint density at radius 2 is 1.49 bits per heavy atom. The first-order valence-electron chi connectivity index (χ1n) is 14.3. The Hall–Kier alpha value is -2.36. The van der Waals surface area contributed by atoms with E-state index < -0.39 is 8.32 Å². The van der Waals surface area contributed by atoms with Crippen molar-refractivity contribution in [1.29, 1.82) is 0 Å². The standard InChI is InChI=1S/C34H42O2Si/c1-33(2,3)37(26-11-7-5-8-12-26,27-13-9-6-10-14-27)36-32-20-19-31-30-17-15-24-23-25(35)16-18-28(24)29(30)21-22-34(31,32)4/h5-14,16,18,23,29-32,35H,15,17,19-22H2,1-4H3/t29-,30-,31+,32+,34+/m1/s1. The van der Waals surface area contributed by atoms with E-state index >= 15 is 0 Å². The second-order valence-corrected chi connectivity index (χ2v) is 17.4. The summed E-state index contributed by atoms with van der Waals surface area (Å²) in [6, 6.07) is 28.5. The smallest absolute Gasteiger partial charge is 0.261 e. The number of hydrogen-bond donors (Lipinski definition) is 1. The number of benzene rings is 3. The molecule has 2 nitrogen and oxygen atoms in total. The molecule has 3 aliphatic carbocycles. The van der Waals surface area contributed by atoms with Gasteiger partial charge in [0.2, 0.25) is 0 Å². The SMILES string of the molecule is CC(C)(C)[Si](O[C@H]1CC[C@H]2[C@@H]3CCc4cc(O)ccc4[C@H]3CC[C@]12C)(c1ccccc1)c1ccccc1. The Bertz CT molecular complexity index is 1210. The van der Waals surface area contributed by atoms with Crippen LogP contribution in [0.25, 0.3) is 0 Å². The maximum atomic E-state index is 10.1. The Labute approximate surface area is 224 Å². The molecule has 2 saturated carbocycles. The van der Waals surface area contributed by atoms with Crippen molar-refractivity contribution in [2.45, 2.75) is 83.3 Å². The summed E-state index contributed by atoms with van der Waals surface area (Å²) in [5.74, 6) is 2.48. The summed E-state index contributed by atoms with van der Waals surface area (Å²) in [6.07, 6.45) is 7.51. The quantitative estimate of drug-likeness (QED) is 0.376. The zero-order valence-electron chi connectivity index (χ0n) is 22.9. The molecule has 0 saturated heterocycles. The van der Waals surface area contributed by atoms with Crippen LogP contribution in [0, 0.1) is 17.3 Å². The molecule has 2 fully saturated rings. The second-order valence-electron chi connectivity index (χ2n) is 13.2. The van der Waals surface area contributed by atoms with Crippen LogP contribution in [0.15, 0.2) is 78.9 Å². The molecule has 0 radical (unpaired) electrons. The lowest BCUT2D eigenvalue weighted by molar-refractivity contribution is -0.0149. The van der Waals surface area contributed by atoms with Crippen molar-refractivity contribution in [3.63, 3.8) is 0 Å². The van der Waals surface area contributed by atoms with Crippen molar-refractivity contribution in [2.24, 2.45) is 17.3 Å². The first-order chi connectivity index (χ1) is 17.7. The highest BCUT2D eigenvalue weighted by molar-refractivity contribution is 6.99. The van der Waals surface area contributed by atoms with Crippen LogP contribution in [0.4, 0.5) is 0 Å². The molecule has 0 amide bonds. The van der Waals surface area contributed by atoms with Crippen LogP contribution in [0.1, 0.15) is 76.8 Å². The highest BCUT2D eigenvalue weighted by atomic mass is 28.4. The van der Waals surface area contributed by atoms with E-state index in [0.29, 0.717) is 17.6 Å². The van der Waals surface area contributed by atoms with Crippen molar-refractivity contribution in [1.82, 2.24) is 0 Å². The van der Waals surface area contributed by atoms with Gasteiger partial charge in [0, 0.05) is 0 Å². The van der Waals surface area contributed by atoms with Gasteiger partial charge in [-0.05, 0) is 100 Å². The largest absolute Gasteiger partial charge is 0.508 e. The zero-order chi connectivity index (χ0) is 25.8. The van der Waals surface area contributed by atoms with Crippen LogP contribution in [0.5, 0.6) is 5.75 Å². The molecule has 0 aromatic heterocycles. The monoisotopic (exact) mass is 510 g/mol. The first kappa shape index (κ1) is 24.9. The topological polar surface area (TPSA) is 29.5 Å². The van der Waals surface area contributed by atoms with Gasteiger partial charge in [-0.15, -0.1) is 0 Å². The predicted octanol–water partition coefficient (Wildman–Crippen LogP) is 7.19. The van der Waals surface area contributed by atoms with Crippen molar-refractivity contribution < 1.29 is 9.53 Å². The summed E-state index contributed by atoms with van der Waals surface area (Å²) in [7, 11) is -2.57. The number of rotatable bonds is 4. The Balaban J connectivity index is 1.38. The van der Waals surface area contributed by atoms with Gasteiger partial charge in [0.15, 0.2) is 0 Å². The van der Waals surface area contributed by atoms with Gasteiger partial charge in [-0.2, -0.15) is 0 Å². The second kappa shape index (κ2) is 9.13. The highest BCUT2D eigenvalue weighted by Crippen LogP contribution is 2.62. The van der Waals surface area contributed by atoms with E-state index in [2.05, 4.69) is 94.4 Å². The van der Waals surface area contributed by atoms with E-state index in [4.69, 9.17) is 4.43 Å². The molecule has 0 heterocycles. The van der Waals surface area contributed by atoms with E-state index in [1.165, 1.54) is 47.2 Å². The highest BCUT2D eigenvalue weighted by Gasteiger charge is 2.59. The fraction of sp³-hybridized carbons (Fsp3) is 0.471. The van der Waals surface area contributed by atoms with Crippen LogP contribution in [-0.4, -0.2) is 19.5 Å². The van der Waals surface area contributed by atoms with Crippen molar-refractivity contribution >= 4 is 18.7 Å². The average Bonchev–Trinajstić information content (AvgIpc) is 3.23. The van der Waals surface area contributed by atoms with E-state index in [1.54, 1.807) is 0 Å². The van der Waals surface area contributed by atoms with Crippen LogP contribution >= 0.6 is 0 Å². The van der Waals surface area contributed by atoms with E-state index in [0.717, 1.165) is 18.8 Å². The number of phenolic OH excluding ortho intramolecular Hbond substituents is 1. The Morgan fingerprint density at radius 1 is 0.838 bits per heavy atom. The molecule has 3 aromatic carbocycles. The number of phenols is 1. The Kier molecular flexibility index (Phi) is 6.16. The third kappa shape index (κ3) is 3.92. The first-order valence-corrected chi connectivity index (χ1v) is 16.3. The van der Waals surface area contributed by atoms with Gasteiger partial charge >= 0.3 is 0 Å². The third-order valence-electron chi connectivity index (χ3n) is 10.4. The Morgan fingerprint density at radius 3 is 2.11 bits per heavy atom. The molecule has 3 aliphatic rings. The lowest BCUT2D eigenvalue weighted by atomic mass is 9.55. The van der Waals surface area contributed by atoms with E-state index in [9.17, 15) is 5.11 Å². The lowest BCUT2D eigenvalue weighted by Crippen LogP contribution is -2.68. The van der Waals surface area contributed by atoms with Gasteiger partial charge in [-0.3, -0.25) is 0 Å². The molecule has 5 atom stereocenters. The number of aryl methyl sites for hydroxylation is 1. The molecule has 0 aliphatic heterocycles. The van der Waals surface area contributed by atoms with Crippen LogP contribution in [0.3, 0.4) is 0 Å². The number of hydrogen-bond acceptors (Lipinski definition) is 2. The average molecular weight is 511 g/mol. The van der Waals surface area contributed by atoms with Gasteiger partial charge < -0.3 is 9.53 Å². The normalized spacial score (nSPS) is 29.3. The maximum Gasteiger partial charge on any atom is 0.261 e. The molecular weight excluding hydrogens is 468 g/mol. The van der Waals surface area contributed by atoms with Crippen LogP contribution < -0.4 is 10.4 Å². The number of fused-ring (bicyclic) bond motifs is 5. The van der Waals surface area contributed by atoms with Crippen molar-refractivity contribution in [3.05, 3.63) is 90.0 Å². The molecular formula is C34H42O2Si. The summed E-state index contributed by atoms with van der Waals surface area (Å²) in [4.78, 5) is 0. The third-order valence-corrected chi connectivity index (χ3v) is 15.4. The minimum Gasteiger partial charge on any atom is -0.508 e. The van der Waals surface area contributed by atoms with Gasteiger partial charge in [0.05, 0.1) is 6.10 Å². The fourth-order valence-electron chi connectivity index (χ4n) is 8.62. The summed E-state index contributed by atoms with van der Waals surface area (Å²) in [5.41, 5.74) is 3.10. The molecule has 0 unspecified atom stereocenters. The predicted molar refractivity (Wildman–Crippen MR) is 155 cm³/mol. The molecule has 1 N–H and O–H groups in total. The molecule has 37 heavy (non-hydrogen) atoms. The summed E-state index contributed by atoms with van der Waals surface area (Å²) in [5, 5.41) is 12.8. The summed E-state index contributed by atoms with van der Waals surface area (Å²) >= 11 is 0. The maximum absolute atomic E-state index is 10.1. The zero-order valence-corrected chi connectivity index (χ0v) is 23.9. The van der Waals surface area contributed by atoms with Gasteiger partial charge in [0.25, 0.3) is 8.32 Å². The van der Waals surface area contributed by atoms with Gasteiger partial charge in [0.1, 0.15) is 5.75 Å². The molecule has 194 valence electrons. The van der Waals surface area contributed by atoms with E-state index in [1.807, 2.05) is 12.1 Å². The molecule has 0 spiro atoms. The van der Waals surface area contributed by atoms with Crippen LogP contribution in [-0.2, 0) is 10.8 Å². The lowest BCUT2D eigenvalue weighted by Gasteiger charge is -2.53. The molecule has 6 rings (SSSR count). The van der Waals surface area contributed by atoms with Gasteiger partial charge in [-0.1, -0.05) is 94.4 Å². The van der Waals surface area contributed by atoms with Gasteiger partial charge in [-0.25, -0.2) is 0 Å². The van der Waals surface area contributed by atoms with Crippen molar-refractivity contribution in [2.75, 3.05) is 0 Å². The molecule has 3 aromatic rings. The van der Waals surface area contributed by atoms with Crippen LogP contribution in [0.2, 0.25) is 5.04 Å². The minimum atomic E-state index is -2.57. The fourth-order valence-corrected chi connectivity index (χ4v) is 13.4. The molecule has 0 bridgehead atoms. The minimum absolute atomic E-state index is 0.00708. The summed E-state index contributed by atoms with van der Waals surface area (Å²) in [6.45, 7) is 9.77. The molecule has 3 heteroatoms. The summed E-state index contributed by atoms with van der Waals surface area (Å²) < 4.78 is 7.78. The van der Waals surface area contributed by atoms with Crippen molar-refractivity contribution in [3.8, 4) is 5.75 Å². The number of aromatic hydroxyl groups is 1.